The van der Waals surface area contributed by atoms with Crippen LogP contribution in [0.15, 0.2) is 42.9 Å². The van der Waals surface area contributed by atoms with Gasteiger partial charge < -0.3 is 15.2 Å². The van der Waals surface area contributed by atoms with Crippen molar-refractivity contribution in [3.63, 3.8) is 0 Å². The maximum atomic E-state index is 13.2. The van der Waals surface area contributed by atoms with Gasteiger partial charge in [0.2, 0.25) is 11.8 Å². The number of nitrogens with zero attached hydrogens (tertiary/aromatic N) is 5. The quantitative estimate of drug-likeness (QED) is 0.483. The summed E-state index contributed by atoms with van der Waals surface area (Å²) in [7, 11) is 0. The molecule has 0 bridgehead atoms. The SMILES string of the molecule is C[C@]1(O)CC[C@@H](Nc2nc(OC(F)F)c3c(-c4ccc5nccnc5c4)ccn3n2)CC1. The number of anilines is 1. The summed E-state index contributed by atoms with van der Waals surface area (Å²) < 4.78 is 32.7. The second-order valence-corrected chi connectivity index (χ2v) is 8.32. The van der Waals surface area contributed by atoms with Crippen LogP contribution in [0.2, 0.25) is 0 Å². The number of benzene rings is 1. The lowest BCUT2D eigenvalue weighted by Gasteiger charge is -2.33. The third kappa shape index (κ3) is 4.05. The summed E-state index contributed by atoms with van der Waals surface area (Å²) in [6.45, 7) is -1.21. The molecule has 2 N–H and O–H groups in total. The lowest BCUT2D eigenvalue weighted by Crippen LogP contribution is -2.36. The van der Waals surface area contributed by atoms with Crippen LogP contribution in [0.1, 0.15) is 32.6 Å². The third-order valence-electron chi connectivity index (χ3n) is 5.86. The number of aliphatic hydroxyl groups is 1. The monoisotopic (exact) mass is 440 g/mol. The minimum atomic E-state index is -3.03. The lowest BCUT2D eigenvalue weighted by atomic mass is 9.84. The second kappa shape index (κ2) is 7.94. The predicted octanol–water partition coefficient (Wildman–Crippen LogP) is 4.05. The van der Waals surface area contributed by atoms with Crippen LogP contribution in [0.3, 0.4) is 0 Å². The Labute approximate surface area is 182 Å². The fourth-order valence-electron chi connectivity index (χ4n) is 4.15. The van der Waals surface area contributed by atoms with Gasteiger partial charge in [-0.05, 0) is 56.4 Å². The molecule has 0 radical (unpaired) electrons. The van der Waals surface area contributed by atoms with Crippen LogP contribution in [0, 0.1) is 0 Å². The molecule has 0 atom stereocenters. The summed E-state index contributed by atoms with van der Waals surface area (Å²) in [6, 6.07) is 7.33. The van der Waals surface area contributed by atoms with E-state index >= 15 is 0 Å². The van der Waals surface area contributed by atoms with Gasteiger partial charge in [-0.15, -0.1) is 5.10 Å². The fraction of sp³-hybridized carbons (Fsp3) is 0.364. The highest BCUT2D eigenvalue weighted by Gasteiger charge is 2.29. The standard InChI is InChI=1S/C22H22F2N6O2/c1-22(31)7-4-14(5-8-22)27-21-28-19(32-20(23)24)18-15(6-11-30(18)29-21)13-2-3-16-17(12-13)26-10-9-25-16/h2-3,6,9-12,14,20,31H,4-5,7-8H2,1H3,(H,27,29)/t14-,22+. The summed E-state index contributed by atoms with van der Waals surface area (Å²) in [5.41, 5.74) is 2.50. The minimum absolute atomic E-state index is 0.0427. The molecule has 0 spiro atoms. The number of alkyl halides is 2. The molecular formula is C22H22F2N6O2. The van der Waals surface area contributed by atoms with E-state index in [9.17, 15) is 13.9 Å². The number of aromatic nitrogens is 5. The van der Waals surface area contributed by atoms with Crippen molar-refractivity contribution in [2.45, 2.75) is 50.9 Å². The summed E-state index contributed by atoms with van der Waals surface area (Å²) >= 11 is 0. The van der Waals surface area contributed by atoms with Gasteiger partial charge in [0, 0.05) is 30.2 Å². The van der Waals surface area contributed by atoms with Gasteiger partial charge in [-0.2, -0.15) is 13.8 Å². The first-order valence-corrected chi connectivity index (χ1v) is 10.4. The lowest BCUT2D eigenvalue weighted by molar-refractivity contribution is -0.0519. The molecule has 0 unspecified atom stereocenters. The minimum Gasteiger partial charge on any atom is -0.414 e. The van der Waals surface area contributed by atoms with Gasteiger partial charge in [0.15, 0.2) is 0 Å². The zero-order valence-electron chi connectivity index (χ0n) is 17.4. The second-order valence-electron chi connectivity index (χ2n) is 8.32. The third-order valence-corrected chi connectivity index (χ3v) is 5.86. The molecule has 3 heterocycles. The molecule has 0 saturated heterocycles. The fourth-order valence-corrected chi connectivity index (χ4v) is 4.15. The van der Waals surface area contributed by atoms with E-state index in [0.29, 0.717) is 29.4 Å². The van der Waals surface area contributed by atoms with Crippen molar-refractivity contribution in [3.05, 3.63) is 42.9 Å². The summed E-state index contributed by atoms with van der Waals surface area (Å²) in [6.07, 6.45) is 7.64. The van der Waals surface area contributed by atoms with Crippen molar-refractivity contribution in [3.8, 4) is 17.0 Å². The van der Waals surface area contributed by atoms with Crippen LogP contribution in [0.5, 0.6) is 5.88 Å². The van der Waals surface area contributed by atoms with E-state index in [0.717, 1.165) is 23.9 Å². The van der Waals surface area contributed by atoms with Crippen molar-refractivity contribution < 1.29 is 18.6 Å². The summed E-state index contributed by atoms with van der Waals surface area (Å²) in [4.78, 5) is 12.8. The van der Waals surface area contributed by atoms with Crippen molar-refractivity contribution >= 4 is 22.5 Å². The molecule has 0 aliphatic heterocycles. The molecule has 3 aromatic heterocycles. The summed E-state index contributed by atoms with van der Waals surface area (Å²) in [5, 5.41) is 17.8. The molecule has 1 aromatic carbocycles. The van der Waals surface area contributed by atoms with Gasteiger partial charge in [0.25, 0.3) is 0 Å². The van der Waals surface area contributed by atoms with Crippen LogP contribution >= 0.6 is 0 Å². The number of ether oxygens (including phenoxy) is 1. The Kier molecular flexibility index (Phi) is 5.09. The zero-order chi connectivity index (χ0) is 22.3. The number of nitrogens with one attached hydrogen (secondary N) is 1. The van der Waals surface area contributed by atoms with Crippen molar-refractivity contribution in [1.82, 2.24) is 24.6 Å². The number of fused-ring (bicyclic) bond motifs is 2. The number of hydrogen-bond donors (Lipinski definition) is 2. The Morgan fingerprint density at radius 3 is 2.66 bits per heavy atom. The van der Waals surface area contributed by atoms with E-state index in [-0.39, 0.29) is 17.9 Å². The Hall–Kier alpha value is -3.40. The molecule has 0 amide bonds. The first-order chi connectivity index (χ1) is 15.4. The van der Waals surface area contributed by atoms with Crippen LogP contribution in [0.25, 0.3) is 27.7 Å². The molecular weight excluding hydrogens is 418 g/mol. The first-order valence-electron chi connectivity index (χ1n) is 10.4. The molecule has 8 nitrogen and oxygen atoms in total. The zero-order valence-corrected chi connectivity index (χ0v) is 17.4. The van der Waals surface area contributed by atoms with Crippen molar-refractivity contribution in [1.29, 1.82) is 0 Å². The van der Waals surface area contributed by atoms with E-state index in [2.05, 4.69) is 25.4 Å². The maximum absolute atomic E-state index is 13.2. The van der Waals surface area contributed by atoms with Crippen molar-refractivity contribution in [2.24, 2.45) is 0 Å². The van der Waals surface area contributed by atoms with Gasteiger partial charge in [-0.3, -0.25) is 9.97 Å². The largest absolute Gasteiger partial charge is 0.414 e. The molecule has 10 heteroatoms. The highest BCUT2D eigenvalue weighted by Crippen LogP contribution is 2.34. The topological polar surface area (TPSA) is 97.5 Å². The summed E-state index contributed by atoms with van der Waals surface area (Å²) in [5.74, 6) is -0.00855. The van der Waals surface area contributed by atoms with E-state index in [1.54, 1.807) is 24.7 Å². The average Bonchev–Trinajstić information content (AvgIpc) is 3.19. The van der Waals surface area contributed by atoms with Gasteiger partial charge in [-0.25, -0.2) is 4.52 Å². The molecule has 1 aliphatic carbocycles. The Morgan fingerprint density at radius 1 is 1.16 bits per heavy atom. The Morgan fingerprint density at radius 2 is 1.91 bits per heavy atom. The van der Waals surface area contributed by atoms with Crippen LogP contribution < -0.4 is 10.1 Å². The number of rotatable bonds is 5. The van der Waals surface area contributed by atoms with Gasteiger partial charge >= 0.3 is 6.61 Å². The van der Waals surface area contributed by atoms with E-state index in [1.807, 2.05) is 25.1 Å². The van der Waals surface area contributed by atoms with Crippen LogP contribution in [-0.2, 0) is 0 Å². The molecule has 1 aliphatic rings. The highest BCUT2D eigenvalue weighted by molar-refractivity contribution is 5.89. The Balaban J connectivity index is 1.53. The van der Waals surface area contributed by atoms with Crippen LogP contribution in [-0.4, -0.2) is 47.9 Å². The van der Waals surface area contributed by atoms with Crippen molar-refractivity contribution in [2.75, 3.05) is 5.32 Å². The molecule has 4 aromatic rings. The molecule has 1 saturated carbocycles. The van der Waals surface area contributed by atoms with E-state index in [1.165, 1.54) is 4.52 Å². The number of hydrogen-bond acceptors (Lipinski definition) is 7. The molecule has 166 valence electrons. The number of halogens is 2. The first kappa shape index (κ1) is 20.5. The van der Waals surface area contributed by atoms with Gasteiger partial charge in [0.05, 0.1) is 16.6 Å². The van der Waals surface area contributed by atoms with Crippen LogP contribution in [0.4, 0.5) is 14.7 Å². The average molecular weight is 440 g/mol. The Bertz CT molecular complexity index is 1270. The van der Waals surface area contributed by atoms with Gasteiger partial charge in [0.1, 0.15) is 5.52 Å². The molecule has 1 fully saturated rings. The van der Waals surface area contributed by atoms with E-state index in [4.69, 9.17) is 4.74 Å². The normalized spacial score (nSPS) is 21.3. The highest BCUT2D eigenvalue weighted by atomic mass is 19.3. The predicted molar refractivity (Wildman–Crippen MR) is 115 cm³/mol. The molecule has 32 heavy (non-hydrogen) atoms. The van der Waals surface area contributed by atoms with E-state index < -0.39 is 12.2 Å². The molecule has 5 rings (SSSR count). The smallest absolute Gasteiger partial charge is 0.388 e. The maximum Gasteiger partial charge on any atom is 0.388 e. The van der Waals surface area contributed by atoms with Gasteiger partial charge in [-0.1, -0.05) is 6.07 Å².